The molecule has 4 heteroatoms. The highest BCUT2D eigenvalue weighted by Crippen LogP contribution is 2.27. The number of hydrogen-bond donors (Lipinski definition) is 1. The van der Waals surface area contributed by atoms with E-state index < -0.39 is 0 Å². The van der Waals surface area contributed by atoms with E-state index in [1.807, 2.05) is 6.92 Å². The Kier molecular flexibility index (Phi) is 6.25. The second-order valence-corrected chi connectivity index (χ2v) is 5.25. The maximum Gasteiger partial charge on any atom is 0.126 e. The highest BCUT2D eigenvalue weighted by atomic mass is 19.1. The van der Waals surface area contributed by atoms with Crippen molar-refractivity contribution in [3.05, 3.63) is 29.1 Å². The summed E-state index contributed by atoms with van der Waals surface area (Å²) in [6, 6.07) is 2.88. The minimum atomic E-state index is -0.262. The van der Waals surface area contributed by atoms with Crippen molar-refractivity contribution < 1.29 is 13.9 Å². The average Bonchev–Trinajstić information content (AvgIpc) is 2.32. The second-order valence-electron chi connectivity index (χ2n) is 5.25. The van der Waals surface area contributed by atoms with Gasteiger partial charge in [-0.1, -0.05) is 13.8 Å². The van der Waals surface area contributed by atoms with Crippen LogP contribution in [0.2, 0.25) is 0 Å². The number of halogens is 1. The van der Waals surface area contributed by atoms with Crippen molar-refractivity contribution in [2.75, 3.05) is 19.8 Å². The molecule has 0 bridgehead atoms. The predicted molar refractivity (Wildman–Crippen MR) is 74.9 cm³/mol. The fourth-order valence-corrected chi connectivity index (χ4v) is 1.68. The van der Waals surface area contributed by atoms with Gasteiger partial charge >= 0.3 is 0 Å². The van der Waals surface area contributed by atoms with Crippen molar-refractivity contribution in [3.8, 4) is 5.75 Å². The molecule has 0 aliphatic heterocycles. The van der Waals surface area contributed by atoms with Gasteiger partial charge < -0.3 is 15.2 Å². The lowest BCUT2D eigenvalue weighted by Crippen LogP contribution is -2.13. The number of rotatable bonds is 7. The van der Waals surface area contributed by atoms with Crippen LogP contribution in [0.15, 0.2) is 12.1 Å². The van der Waals surface area contributed by atoms with E-state index in [1.165, 1.54) is 6.07 Å². The van der Waals surface area contributed by atoms with Crippen LogP contribution in [0.4, 0.5) is 4.39 Å². The van der Waals surface area contributed by atoms with Crippen LogP contribution in [-0.4, -0.2) is 19.8 Å². The van der Waals surface area contributed by atoms with Gasteiger partial charge in [0.15, 0.2) is 0 Å². The third-order valence-corrected chi connectivity index (χ3v) is 2.72. The summed E-state index contributed by atoms with van der Waals surface area (Å²) in [4.78, 5) is 0. The number of aryl methyl sites for hydroxylation is 1. The third kappa shape index (κ3) is 5.17. The van der Waals surface area contributed by atoms with Gasteiger partial charge in [-0.25, -0.2) is 4.39 Å². The number of nitrogens with two attached hydrogens (primary N) is 1. The lowest BCUT2D eigenvalue weighted by Gasteiger charge is -2.15. The zero-order valence-corrected chi connectivity index (χ0v) is 12.2. The lowest BCUT2D eigenvalue weighted by atomic mass is 10.1. The normalized spacial score (nSPS) is 12.8. The van der Waals surface area contributed by atoms with Gasteiger partial charge in [-0.2, -0.15) is 0 Å². The van der Waals surface area contributed by atoms with Crippen molar-refractivity contribution in [2.45, 2.75) is 33.7 Å². The summed E-state index contributed by atoms with van der Waals surface area (Å²) in [6.45, 7) is 9.39. The molecule has 19 heavy (non-hydrogen) atoms. The fraction of sp³-hybridized carbons (Fsp3) is 0.600. The molecule has 0 saturated carbocycles. The van der Waals surface area contributed by atoms with Gasteiger partial charge in [-0.3, -0.25) is 0 Å². The quantitative estimate of drug-likeness (QED) is 0.773. The van der Waals surface area contributed by atoms with Crippen molar-refractivity contribution in [2.24, 2.45) is 11.7 Å². The first kappa shape index (κ1) is 15.9. The van der Waals surface area contributed by atoms with Gasteiger partial charge in [0.2, 0.25) is 0 Å². The highest BCUT2D eigenvalue weighted by molar-refractivity contribution is 5.39. The van der Waals surface area contributed by atoms with Crippen LogP contribution in [0.3, 0.4) is 0 Å². The van der Waals surface area contributed by atoms with Gasteiger partial charge in [0.25, 0.3) is 0 Å². The Morgan fingerprint density at radius 2 is 1.89 bits per heavy atom. The molecule has 0 aliphatic carbocycles. The van der Waals surface area contributed by atoms with Crippen molar-refractivity contribution in [3.63, 3.8) is 0 Å². The fourth-order valence-electron chi connectivity index (χ4n) is 1.68. The summed E-state index contributed by atoms with van der Waals surface area (Å²) < 4.78 is 24.6. The maximum absolute atomic E-state index is 13.5. The molecule has 1 atom stereocenters. The van der Waals surface area contributed by atoms with Crippen molar-refractivity contribution in [1.29, 1.82) is 0 Å². The Morgan fingerprint density at radius 1 is 1.21 bits per heavy atom. The van der Waals surface area contributed by atoms with E-state index >= 15 is 0 Å². The summed E-state index contributed by atoms with van der Waals surface area (Å²) in [5.74, 6) is 0.894. The first-order valence-corrected chi connectivity index (χ1v) is 6.68. The molecule has 0 spiro atoms. The minimum Gasteiger partial charge on any atom is -0.491 e. The number of benzene rings is 1. The van der Waals surface area contributed by atoms with Crippen molar-refractivity contribution >= 4 is 0 Å². The molecule has 0 amide bonds. The molecule has 1 aromatic carbocycles. The summed E-state index contributed by atoms with van der Waals surface area (Å²) in [6.07, 6.45) is 0. The Balaban J connectivity index is 2.59. The van der Waals surface area contributed by atoms with E-state index in [2.05, 4.69) is 13.8 Å². The van der Waals surface area contributed by atoms with E-state index in [-0.39, 0.29) is 11.9 Å². The smallest absolute Gasteiger partial charge is 0.126 e. The van der Waals surface area contributed by atoms with E-state index in [4.69, 9.17) is 15.2 Å². The maximum atomic E-state index is 13.5. The third-order valence-electron chi connectivity index (χ3n) is 2.72. The van der Waals surface area contributed by atoms with Gasteiger partial charge in [0, 0.05) is 18.2 Å². The van der Waals surface area contributed by atoms with Gasteiger partial charge in [-0.05, 0) is 37.5 Å². The van der Waals surface area contributed by atoms with Crippen LogP contribution in [0.5, 0.6) is 5.75 Å². The standard InChI is InChI=1S/C15H24FNO2/c1-10(2)9-18-5-6-19-15-7-11(3)14(16)8-13(15)12(4)17/h7-8,10,12H,5-6,9,17H2,1-4H3/t12-/m0/s1. The van der Waals surface area contributed by atoms with Crippen LogP contribution in [0.25, 0.3) is 0 Å². The van der Waals surface area contributed by atoms with Crippen LogP contribution in [0, 0.1) is 18.7 Å². The van der Waals surface area contributed by atoms with Gasteiger partial charge in [0.1, 0.15) is 18.2 Å². The van der Waals surface area contributed by atoms with Crippen LogP contribution < -0.4 is 10.5 Å². The molecule has 0 fully saturated rings. The van der Waals surface area contributed by atoms with E-state index in [9.17, 15) is 4.39 Å². The average molecular weight is 269 g/mol. The molecule has 0 aliphatic rings. The first-order valence-electron chi connectivity index (χ1n) is 6.68. The molecule has 1 rings (SSSR count). The van der Waals surface area contributed by atoms with Crippen LogP contribution in [0.1, 0.15) is 37.9 Å². The van der Waals surface area contributed by atoms with E-state index in [0.717, 1.165) is 0 Å². The van der Waals surface area contributed by atoms with Crippen molar-refractivity contribution in [1.82, 2.24) is 0 Å². The summed E-state index contributed by atoms with van der Waals surface area (Å²) in [5, 5.41) is 0. The molecule has 0 heterocycles. The van der Waals surface area contributed by atoms with Gasteiger partial charge in [-0.15, -0.1) is 0 Å². The molecule has 0 aromatic heterocycles. The number of ether oxygens (including phenoxy) is 2. The van der Waals surface area contributed by atoms with Crippen LogP contribution >= 0.6 is 0 Å². The Bertz CT molecular complexity index is 405. The molecule has 0 saturated heterocycles. The monoisotopic (exact) mass is 269 g/mol. The molecule has 108 valence electrons. The molecule has 3 nitrogen and oxygen atoms in total. The molecule has 1 aromatic rings. The number of hydrogen-bond acceptors (Lipinski definition) is 3. The zero-order chi connectivity index (χ0) is 14.4. The van der Waals surface area contributed by atoms with Crippen LogP contribution in [-0.2, 0) is 4.74 Å². The van der Waals surface area contributed by atoms with Gasteiger partial charge in [0.05, 0.1) is 6.61 Å². The molecular formula is C15H24FNO2. The first-order chi connectivity index (χ1) is 8.91. The Labute approximate surface area is 114 Å². The topological polar surface area (TPSA) is 44.5 Å². The minimum absolute atomic E-state index is 0.254. The Hall–Kier alpha value is -1.13. The molecule has 0 radical (unpaired) electrons. The predicted octanol–water partition coefficient (Wildman–Crippen LogP) is 3.21. The largest absolute Gasteiger partial charge is 0.491 e. The SMILES string of the molecule is Cc1cc(OCCOCC(C)C)c([C@H](C)N)cc1F. The molecular weight excluding hydrogens is 245 g/mol. The zero-order valence-electron chi connectivity index (χ0n) is 12.2. The highest BCUT2D eigenvalue weighted by Gasteiger charge is 2.12. The van der Waals surface area contributed by atoms with E-state index in [0.29, 0.717) is 42.6 Å². The molecule has 0 unspecified atom stereocenters. The molecule has 2 N–H and O–H groups in total. The summed E-state index contributed by atoms with van der Waals surface area (Å²) in [5.41, 5.74) is 7.07. The summed E-state index contributed by atoms with van der Waals surface area (Å²) >= 11 is 0. The summed E-state index contributed by atoms with van der Waals surface area (Å²) in [7, 11) is 0. The van der Waals surface area contributed by atoms with E-state index in [1.54, 1.807) is 13.0 Å². The lowest BCUT2D eigenvalue weighted by molar-refractivity contribution is 0.0815. The second kappa shape index (κ2) is 7.46. The Morgan fingerprint density at radius 3 is 2.47 bits per heavy atom.